The Morgan fingerprint density at radius 1 is 1.15 bits per heavy atom. The lowest BCUT2D eigenvalue weighted by Gasteiger charge is -2.31. The smallest absolute Gasteiger partial charge is 0.304 e. The van der Waals surface area contributed by atoms with Gasteiger partial charge in [0.05, 0.1) is 11.0 Å². The summed E-state index contributed by atoms with van der Waals surface area (Å²) in [7, 11) is 1.78. The third-order valence-electron chi connectivity index (χ3n) is 6.13. The van der Waals surface area contributed by atoms with Gasteiger partial charge in [-0.05, 0) is 56.4 Å². The molecule has 2 aliphatic rings. The maximum absolute atomic E-state index is 13.0. The van der Waals surface area contributed by atoms with Crippen LogP contribution in [-0.2, 0) is 16.6 Å². The molecule has 2 fully saturated rings. The third-order valence-corrected chi connectivity index (χ3v) is 6.13. The molecule has 0 aliphatic carbocycles. The number of fused-ring (bicyclic) bond motifs is 1. The summed E-state index contributed by atoms with van der Waals surface area (Å²) in [6.07, 6.45) is 2.77. The number of hydrogen-bond donors (Lipinski definition) is 1. The Morgan fingerprint density at radius 2 is 1.89 bits per heavy atom. The molecular formula is C20H28N4O3. The first-order chi connectivity index (χ1) is 13.0. The van der Waals surface area contributed by atoms with E-state index in [1.807, 2.05) is 12.1 Å². The molecule has 2 saturated heterocycles. The van der Waals surface area contributed by atoms with Crippen LogP contribution in [0.4, 0.5) is 0 Å². The zero-order valence-corrected chi connectivity index (χ0v) is 15.9. The number of piperidine rings is 2. The highest BCUT2D eigenvalue weighted by molar-refractivity contribution is 6.00. The van der Waals surface area contributed by atoms with Crippen molar-refractivity contribution >= 4 is 22.8 Å². The zero-order valence-electron chi connectivity index (χ0n) is 15.9. The summed E-state index contributed by atoms with van der Waals surface area (Å²) in [6, 6.07) is 5.37. The molecule has 0 saturated carbocycles. The number of amides is 2. The molecule has 0 bridgehead atoms. The second kappa shape index (κ2) is 6.96. The van der Waals surface area contributed by atoms with E-state index < -0.39 is 6.04 Å². The molecule has 3 heterocycles. The third kappa shape index (κ3) is 3.00. The highest BCUT2D eigenvalue weighted by Gasteiger charge is 2.32. The molecular weight excluding hydrogens is 344 g/mol. The first-order valence-electron chi connectivity index (χ1n) is 9.77. The monoisotopic (exact) mass is 372 g/mol. The van der Waals surface area contributed by atoms with Gasteiger partial charge in [-0.15, -0.1) is 0 Å². The van der Waals surface area contributed by atoms with E-state index in [1.54, 1.807) is 16.2 Å². The fraction of sp³-hybridized carbons (Fsp3) is 0.550. The van der Waals surface area contributed by atoms with E-state index in [0.717, 1.165) is 43.5 Å². The number of nitrogens with zero attached hydrogens (tertiary/aromatic N) is 3. The first-order valence-corrected chi connectivity index (χ1v) is 9.77. The number of benzene rings is 1. The van der Waals surface area contributed by atoms with E-state index in [9.17, 15) is 14.4 Å². The van der Waals surface area contributed by atoms with Crippen molar-refractivity contribution in [3.8, 4) is 0 Å². The van der Waals surface area contributed by atoms with Crippen LogP contribution in [0.3, 0.4) is 0 Å². The van der Waals surface area contributed by atoms with Gasteiger partial charge in [0.2, 0.25) is 11.8 Å². The van der Waals surface area contributed by atoms with Crippen LogP contribution in [0.2, 0.25) is 0 Å². The van der Waals surface area contributed by atoms with Gasteiger partial charge in [0, 0.05) is 14.9 Å². The summed E-state index contributed by atoms with van der Waals surface area (Å²) in [5.41, 5.74) is 2.70. The van der Waals surface area contributed by atoms with Gasteiger partial charge in [-0.2, -0.15) is 0 Å². The van der Waals surface area contributed by atoms with Crippen LogP contribution in [0.15, 0.2) is 23.0 Å². The SMILES string of the molecule is CCN1CCC(c2cccc3c2n(C)c(=O)n3C2CCC(=O)NC2=O)CC1.[HH]. The maximum atomic E-state index is 13.0. The number of hydrogen-bond acceptors (Lipinski definition) is 4. The molecule has 1 aromatic heterocycles. The molecule has 146 valence electrons. The van der Waals surface area contributed by atoms with E-state index >= 15 is 0 Å². The van der Waals surface area contributed by atoms with Crippen LogP contribution < -0.4 is 11.0 Å². The van der Waals surface area contributed by atoms with Gasteiger partial charge < -0.3 is 4.90 Å². The molecule has 1 unspecified atom stereocenters. The Bertz CT molecular complexity index is 956. The van der Waals surface area contributed by atoms with Crippen LogP contribution in [0, 0.1) is 0 Å². The van der Waals surface area contributed by atoms with Gasteiger partial charge in [0.1, 0.15) is 6.04 Å². The lowest BCUT2D eigenvalue weighted by atomic mass is 9.88. The molecule has 27 heavy (non-hydrogen) atoms. The van der Waals surface area contributed by atoms with Crippen molar-refractivity contribution in [2.24, 2.45) is 7.05 Å². The van der Waals surface area contributed by atoms with Crippen LogP contribution in [0.25, 0.3) is 11.0 Å². The predicted molar refractivity (Wildman–Crippen MR) is 105 cm³/mol. The summed E-state index contributed by atoms with van der Waals surface area (Å²) in [6.45, 7) is 5.39. The van der Waals surface area contributed by atoms with Gasteiger partial charge in [0.25, 0.3) is 0 Å². The van der Waals surface area contributed by atoms with Crippen molar-refractivity contribution < 1.29 is 11.0 Å². The van der Waals surface area contributed by atoms with E-state index in [0.29, 0.717) is 12.3 Å². The lowest BCUT2D eigenvalue weighted by Crippen LogP contribution is -2.44. The minimum absolute atomic E-state index is 0. The van der Waals surface area contributed by atoms with E-state index in [1.165, 1.54) is 5.56 Å². The van der Waals surface area contributed by atoms with Crippen molar-refractivity contribution in [2.45, 2.75) is 44.6 Å². The topological polar surface area (TPSA) is 76.3 Å². The number of para-hydroxylation sites is 1. The zero-order chi connectivity index (χ0) is 19.1. The van der Waals surface area contributed by atoms with Crippen molar-refractivity contribution in [3.05, 3.63) is 34.2 Å². The number of carbonyl (C=O) groups is 2. The second-order valence-corrected chi connectivity index (χ2v) is 7.60. The Morgan fingerprint density at radius 3 is 2.56 bits per heavy atom. The fourth-order valence-electron chi connectivity index (χ4n) is 4.59. The molecule has 7 heteroatoms. The quantitative estimate of drug-likeness (QED) is 0.833. The normalized spacial score (nSPS) is 22.4. The minimum atomic E-state index is -0.629. The number of aryl methyl sites for hydroxylation is 1. The Kier molecular flexibility index (Phi) is 4.63. The fourth-order valence-corrected chi connectivity index (χ4v) is 4.59. The minimum Gasteiger partial charge on any atom is -0.304 e. The molecule has 0 spiro atoms. The number of carbonyl (C=O) groups excluding carboxylic acids is 2. The van der Waals surface area contributed by atoms with Crippen molar-refractivity contribution in [3.63, 3.8) is 0 Å². The van der Waals surface area contributed by atoms with Gasteiger partial charge in [-0.25, -0.2) is 4.79 Å². The molecule has 0 radical (unpaired) electrons. The number of imide groups is 1. The average molecular weight is 372 g/mol. The number of rotatable bonds is 3. The standard InChI is InChI=1S/C20H26N4O3.H2/c1-3-23-11-9-13(10-12-23)14-5-4-6-15-18(14)22(2)20(27)24(15)16-7-8-17(25)21-19(16)26;/h4-6,13,16H,3,7-12H2,1-2H3,(H,21,25,26);1H. The summed E-state index contributed by atoms with van der Waals surface area (Å²) in [4.78, 5) is 39.3. The van der Waals surface area contributed by atoms with Crippen molar-refractivity contribution in [2.75, 3.05) is 19.6 Å². The van der Waals surface area contributed by atoms with E-state index in [4.69, 9.17) is 0 Å². The Balaban J connectivity index is 0.00000225. The Hall–Kier alpha value is -2.41. The summed E-state index contributed by atoms with van der Waals surface area (Å²) in [5.74, 6) is -0.241. The van der Waals surface area contributed by atoms with Gasteiger partial charge >= 0.3 is 5.69 Å². The number of aromatic nitrogens is 2. The molecule has 2 aliphatic heterocycles. The highest BCUT2D eigenvalue weighted by atomic mass is 16.2. The number of nitrogens with one attached hydrogen (secondary N) is 1. The first kappa shape index (κ1) is 18.0. The van der Waals surface area contributed by atoms with Crippen LogP contribution >= 0.6 is 0 Å². The molecule has 1 atom stereocenters. The van der Waals surface area contributed by atoms with Gasteiger partial charge in [-0.3, -0.25) is 24.0 Å². The molecule has 1 aromatic carbocycles. The predicted octanol–water partition coefficient (Wildman–Crippen LogP) is 1.76. The van der Waals surface area contributed by atoms with Crippen LogP contribution in [0.5, 0.6) is 0 Å². The number of likely N-dealkylation sites (tertiary alicyclic amines) is 1. The Labute approximate surface area is 159 Å². The maximum Gasteiger partial charge on any atom is 0.329 e. The van der Waals surface area contributed by atoms with Gasteiger partial charge in [0.15, 0.2) is 0 Å². The molecule has 7 nitrogen and oxygen atoms in total. The molecule has 1 N–H and O–H groups in total. The second-order valence-electron chi connectivity index (χ2n) is 7.60. The lowest BCUT2D eigenvalue weighted by molar-refractivity contribution is -0.135. The summed E-state index contributed by atoms with van der Waals surface area (Å²) in [5, 5.41) is 2.37. The summed E-state index contributed by atoms with van der Waals surface area (Å²) >= 11 is 0. The molecule has 2 aromatic rings. The average Bonchev–Trinajstić information content (AvgIpc) is 2.93. The molecule has 4 rings (SSSR count). The van der Waals surface area contributed by atoms with Gasteiger partial charge in [-0.1, -0.05) is 19.1 Å². The van der Waals surface area contributed by atoms with Crippen molar-refractivity contribution in [1.82, 2.24) is 19.4 Å². The largest absolute Gasteiger partial charge is 0.329 e. The van der Waals surface area contributed by atoms with Crippen molar-refractivity contribution in [1.29, 1.82) is 0 Å². The van der Waals surface area contributed by atoms with Crippen LogP contribution in [-0.4, -0.2) is 45.5 Å². The van der Waals surface area contributed by atoms with E-state index in [-0.39, 0.29) is 25.4 Å². The van der Waals surface area contributed by atoms with E-state index in [2.05, 4.69) is 23.2 Å². The molecule has 2 amide bonds. The number of imidazole rings is 1. The van der Waals surface area contributed by atoms with Crippen LogP contribution in [0.1, 0.15) is 51.6 Å². The highest BCUT2D eigenvalue weighted by Crippen LogP contribution is 2.34. The summed E-state index contributed by atoms with van der Waals surface area (Å²) < 4.78 is 3.24.